The molecule has 1 fully saturated rings. The molecule has 0 spiro atoms. The number of hydrogen-bond acceptors (Lipinski definition) is 3. The van der Waals surface area contributed by atoms with E-state index >= 15 is 0 Å². The van der Waals surface area contributed by atoms with Crippen molar-refractivity contribution in [3.63, 3.8) is 0 Å². The average molecular weight is 247 g/mol. The molecule has 1 aromatic rings. The number of carbonyl (C=O) groups excluding carboxylic acids is 2. The molecule has 2 N–H and O–H groups in total. The Labute approximate surface area is 106 Å². The van der Waals surface area contributed by atoms with Gasteiger partial charge in [-0.25, -0.2) is 0 Å². The summed E-state index contributed by atoms with van der Waals surface area (Å²) in [6.45, 7) is 2.25. The van der Waals surface area contributed by atoms with E-state index in [1.807, 2.05) is 24.3 Å². The fourth-order valence-corrected chi connectivity index (χ4v) is 2.05. The summed E-state index contributed by atoms with van der Waals surface area (Å²) >= 11 is 0. The highest BCUT2D eigenvalue weighted by Crippen LogP contribution is 2.19. The van der Waals surface area contributed by atoms with Crippen molar-refractivity contribution in [1.29, 1.82) is 0 Å². The second-order valence-corrected chi connectivity index (χ2v) is 4.51. The van der Waals surface area contributed by atoms with Crippen molar-refractivity contribution >= 4 is 23.2 Å². The number of carbonyl (C=O) groups is 2. The molecule has 0 aromatic heterocycles. The van der Waals surface area contributed by atoms with Crippen LogP contribution in [0.1, 0.15) is 13.3 Å². The zero-order valence-corrected chi connectivity index (χ0v) is 10.6. The van der Waals surface area contributed by atoms with E-state index in [4.69, 9.17) is 0 Å². The fourth-order valence-electron chi connectivity index (χ4n) is 2.05. The van der Waals surface area contributed by atoms with E-state index in [0.29, 0.717) is 0 Å². The molecular weight excluding hydrogens is 230 g/mol. The van der Waals surface area contributed by atoms with E-state index in [0.717, 1.165) is 24.3 Å². The van der Waals surface area contributed by atoms with E-state index in [-0.39, 0.29) is 17.9 Å². The molecule has 2 amide bonds. The number of rotatable bonds is 3. The van der Waals surface area contributed by atoms with Crippen LogP contribution in [-0.4, -0.2) is 36.3 Å². The molecule has 1 aromatic carbocycles. The molecule has 18 heavy (non-hydrogen) atoms. The van der Waals surface area contributed by atoms with Crippen molar-refractivity contribution in [2.45, 2.75) is 19.4 Å². The van der Waals surface area contributed by atoms with E-state index in [1.165, 1.54) is 6.92 Å². The van der Waals surface area contributed by atoms with E-state index in [9.17, 15) is 9.59 Å². The number of anilines is 2. The van der Waals surface area contributed by atoms with Gasteiger partial charge in [-0.05, 0) is 24.6 Å². The highest BCUT2D eigenvalue weighted by Gasteiger charge is 2.28. The van der Waals surface area contributed by atoms with Gasteiger partial charge in [0, 0.05) is 31.9 Å². The van der Waals surface area contributed by atoms with Gasteiger partial charge < -0.3 is 15.5 Å². The average Bonchev–Trinajstić information content (AvgIpc) is 2.61. The zero-order chi connectivity index (χ0) is 13.1. The van der Waals surface area contributed by atoms with Gasteiger partial charge in [0.25, 0.3) is 0 Å². The molecule has 0 aliphatic carbocycles. The van der Waals surface area contributed by atoms with Crippen LogP contribution in [0.2, 0.25) is 0 Å². The van der Waals surface area contributed by atoms with E-state index < -0.39 is 0 Å². The molecular formula is C13H17N3O2. The lowest BCUT2D eigenvalue weighted by Gasteiger charge is -2.14. The number of likely N-dealkylation sites (tertiary alicyclic amines) is 1. The van der Waals surface area contributed by atoms with Crippen molar-refractivity contribution in [3.8, 4) is 0 Å². The van der Waals surface area contributed by atoms with Gasteiger partial charge in [-0.3, -0.25) is 9.59 Å². The van der Waals surface area contributed by atoms with Gasteiger partial charge in [0.1, 0.15) is 6.04 Å². The predicted molar refractivity (Wildman–Crippen MR) is 70.4 cm³/mol. The Morgan fingerprint density at radius 1 is 1.39 bits per heavy atom. The summed E-state index contributed by atoms with van der Waals surface area (Å²) in [5, 5.41) is 5.91. The summed E-state index contributed by atoms with van der Waals surface area (Å²) in [4.78, 5) is 24.5. The van der Waals surface area contributed by atoms with Gasteiger partial charge in [0.05, 0.1) is 0 Å². The Morgan fingerprint density at radius 2 is 2.11 bits per heavy atom. The maximum atomic E-state index is 11.8. The Balaban J connectivity index is 2.05. The van der Waals surface area contributed by atoms with Gasteiger partial charge in [-0.15, -0.1) is 0 Å². The summed E-state index contributed by atoms with van der Waals surface area (Å²) in [5.41, 5.74) is 1.57. The Hall–Kier alpha value is -2.04. The van der Waals surface area contributed by atoms with Crippen LogP contribution in [0.15, 0.2) is 24.3 Å². The zero-order valence-electron chi connectivity index (χ0n) is 10.6. The number of nitrogens with zero attached hydrogens (tertiary/aromatic N) is 1. The van der Waals surface area contributed by atoms with Gasteiger partial charge in [0.2, 0.25) is 11.8 Å². The molecule has 1 aliphatic heterocycles. The largest absolute Gasteiger partial charge is 0.374 e. The Morgan fingerprint density at radius 3 is 2.72 bits per heavy atom. The SMILES string of the molecule is CC(=O)Nc1cccc(NC2CCN(C)C2=O)c1. The van der Waals surface area contributed by atoms with Gasteiger partial charge in [-0.2, -0.15) is 0 Å². The first-order valence-corrected chi connectivity index (χ1v) is 5.95. The summed E-state index contributed by atoms with van der Waals surface area (Å²) < 4.78 is 0. The van der Waals surface area contributed by atoms with Crippen LogP contribution in [0.4, 0.5) is 11.4 Å². The minimum Gasteiger partial charge on any atom is -0.374 e. The third kappa shape index (κ3) is 2.80. The van der Waals surface area contributed by atoms with Crippen LogP contribution < -0.4 is 10.6 Å². The third-order valence-electron chi connectivity index (χ3n) is 2.95. The normalized spacial score (nSPS) is 18.9. The lowest BCUT2D eigenvalue weighted by molar-refractivity contribution is -0.127. The quantitative estimate of drug-likeness (QED) is 0.846. The third-order valence-corrected chi connectivity index (χ3v) is 2.95. The molecule has 0 saturated carbocycles. The molecule has 0 bridgehead atoms. The lowest BCUT2D eigenvalue weighted by Crippen LogP contribution is -2.30. The van der Waals surface area contributed by atoms with Gasteiger partial charge in [-0.1, -0.05) is 6.07 Å². The minimum atomic E-state index is -0.164. The van der Waals surface area contributed by atoms with Gasteiger partial charge >= 0.3 is 0 Å². The molecule has 1 unspecified atom stereocenters. The van der Waals surface area contributed by atoms with Crippen molar-refractivity contribution in [3.05, 3.63) is 24.3 Å². The van der Waals surface area contributed by atoms with Crippen LogP contribution >= 0.6 is 0 Å². The monoisotopic (exact) mass is 247 g/mol. The minimum absolute atomic E-state index is 0.108. The highest BCUT2D eigenvalue weighted by molar-refractivity contribution is 5.90. The molecule has 1 heterocycles. The maximum Gasteiger partial charge on any atom is 0.244 e. The standard InChI is InChI=1S/C13H17N3O2/c1-9(17)14-10-4-3-5-11(8-10)15-12-6-7-16(2)13(12)18/h3-5,8,12,15H,6-7H2,1-2H3,(H,14,17). The number of nitrogens with one attached hydrogen (secondary N) is 2. The van der Waals surface area contributed by atoms with Crippen molar-refractivity contribution in [2.75, 3.05) is 24.2 Å². The molecule has 1 atom stereocenters. The Kier molecular flexibility index (Phi) is 3.50. The number of benzene rings is 1. The second-order valence-electron chi connectivity index (χ2n) is 4.51. The summed E-state index contributed by atoms with van der Waals surface area (Å²) in [6, 6.07) is 7.21. The summed E-state index contributed by atoms with van der Waals surface area (Å²) in [7, 11) is 1.80. The predicted octanol–water partition coefficient (Wildman–Crippen LogP) is 1.29. The van der Waals surface area contributed by atoms with Crippen molar-refractivity contribution in [1.82, 2.24) is 4.90 Å². The molecule has 5 heteroatoms. The first kappa shape index (κ1) is 12.4. The first-order valence-electron chi connectivity index (χ1n) is 5.95. The molecule has 5 nitrogen and oxygen atoms in total. The topological polar surface area (TPSA) is 61.4 Å². The van der Waals surface area contributed by atoms with Crippen LogP contribution in [0, 0.1) is 0 Å². The van der Waals surface area contributed by atoms with E-state index in [2.05, 4.69) is 10.6 Å². The number of amides is 2. The molecule has 1 aliphatic rings. The lowest BCUT2D eigenvalue weighted by atomic mass is 10.2. The van der Waals surface area contributed by atoms with Crippen LogP contribution in [-0.2, 0) is 9.59 Å². The van der Waals surface area contributed by atoms with E-state index in [1.54, 1.807) is 11.9 Å². The van der Waals surface area contributed by atoms with Crippen molar-refractivity contribution < 1.29 is 9.59 Å². The van der Waals surface area contributed by atoms with Crippen LogP contribution in [0.5, 0.6) is 0 Å². The van der Waals surface area contributed by atoms with Crippen LogP contribution in [0.25, 0.3) is 0 Å². The fraction of sp³-hybridized carbons (Fsp3) is 0.385. The summed E-state index contributed by atoms with van der Waals surface area (Å²) in [6.07, 6.45) is 0.805. The first-order chi connectivity index (χ1) is 8.56. The van der Waals surface area contributed by atoms with Crippen LogP contribution in [0.3, 0.4) is 0 Å². The number of hydrogen-bond donors (Lipinski definition) is 2. The number of likely N-dealkylation sites (N-methyl/N-ethyl adjacent to an activating group) is 1. The molecule has 0 radical (unpaired) electrons. The highest BCUT2D eigenvalue weighted by atomic mass is 16.2. The molecule has 1 saturated heterocycles. The molecule has 96 valence electrons. The van der Waals surface area contributed by atoms with Gasteiger partial charge in [0.15, 0.2) is 0 Å². The molecule has 2 rings (SSSR count). The maximum absolute atomic E-state index is 11.8. The second kappa shape index (κ2) is 5.08. The van der Waals surface area contributed by atoms with Crippen molar-refractivity contribution in [2.24, 2.45) is 0 Å². The Bertz CT molecular complexity index is 473. The summed E-state index contributed by atoms with van der Waals surface area (Å²) in [5.74, 6) is 0.00348. The smallest absolute Gasteiger partial charge is 0.244 e.